The molecule has 1 radical (unpaired) electrons. The highest BCUT2D eigenvalue weighted by Gasteiger charge is 2.19. The molecule has 1 aliphatic heterocycles. The zero-order chi connectivity index (χ0) is 14.1. The molecule has 0 aliphatic carbocycles. The van der Waals surface area contributed by atoms with Crippen LogP contribution in [0.3, 0.4) is 0 Å². The molecule has 0 atom stereocenters. The van der Waals surface area contributed by atoms with E-state index in [0.29, 0.717) is 6.54 Å². The van der Waals surface area contributed by atoms with Crippen molar-refractivity contribution in [3.63, 3.8) is 0 Å². The van der Waals surface area contributed by atoms with E-state index in [9.17, 15) is 4.79 Å². The summed E-state index contributed by atoms with van der Waals surface area (Å²) in [5.41, 5.74) is 3.04. The van der Waals surface area contributed by atoms with Gasteiger partial charge in [0.2, 0.25) is 0 Å². The molecule has 0 saturated carbocycles. The lowest BCUT2D eigenvalue weighted by atomic mass is 10.1. The van der Waals surface area contributed by atoms with Gasteiger partial charge in [-0.2, -0.15) is 0 Å². The van der Waals surface area contributed by atoms with Crippen molar-refractivity contribution in [2.24, 2.45) is 0 Å². The number of hydrogen-bond acceptors (Lipinski definition) is 3. The van der Waals surface area contributed by atoms with Crippen molar-refractivity contribution < 1.29 is 4.79 Å². The van der Waals surface area contributed by atoms with Gasteiger partial charge >= 0.3 is 6.03 Å². The molecule has 3 heterocycles. The Morgan fingerprint density at radius 3 is 3.00 bits per heavy atom. The molecule has 6 heteroatoms. The predicted molar refractivity (Wildman–Crippen MR) is 76.0 cm³/mol. The maximum absolute atomic E-state index is 11.9. The average molecular weight is 270 g/mol. The quantitative estimate of drug-likeness (QED) is 0.854. The SMILES string of the molecule is CN(C)C(=O)N1CC=C(c2cc3[c]ncnc3[nH]2)CC1. The number of fused-ring (bicyclic) bond motifs is 1. The number of amides is 2. The Balaban J connectivity index is 1.81. The van der Waals surface area contributed by atoms with Crippen LogP contribution in [0.4, 0.5) is 4.79 Å². The molecular weight excluding hydrogens is 254 g/mol. The van der Waals surface area contributed by atoms with Crippen LogP contribution in [0.25, 0.3) is 16.6 Å². The highest BCUT2D eigenvalue weighted by atomic mass is 16.2. The first-order valence-electron chi connectivity index (χ1n) is 6.52. The fraction of sp³-hybridized carbons (Fsp3) is 0.357. The van der Waals surface area contributed by atoms with Gasteiger partial charge < -0.3 is 14.8 Å². The Morgan fingerprint density at radius 1 is 1.50 bits per heavy atom. The Morgan fingerprint density at radius 2 is 2.35 bits per heavy atom. The lowest BCUT2D eigenvalue weighted by molar-refractivity contribution is 0.176. The molecule has 0 spiro atoms. The highest BCUT2D eigenvalue weighted by molar-refractivity contribution is 5.82. The van der Waals surface area contributed by atoms with Crippen molar-refractivity contribution in [2.75, 3.05) is 27.2 Å². The molecular formula is C14H16N5O. The smallest absolute Gasteiger partial charge is 0.319 e. The van der Waals surface area contributed by atoms with Crippen LogP contribution in [-0.4, -0.2) is 58.0 Å². The molecule has 2 amide bonds. The van der Waals surface area contributed by atoms with Gasteiger partial charge in [0, 0.05) is 38.3 Å². The minimum absolute atomic E-state index is 0.0520. The Kier molecular flexibility index (Phi) is 3.14. The minimum Gasteiger partial charge on any atom is -0.339 e. The van der Waals surface area contributed by atoms with Crippen molar-refractivity contribution in [1.82, 2.24) is 24.8 Å². The van der Waals surface area contributed by atoms with Gasteiger partial charge in [-0.25, -0.2) is 14.8 Å². The van der Waals surface area contributed by atoms with E-state index in [4.69, 9.17) is 0 Å². The molecule has 0 saturated heterocycles. The number of nitrogens with zero attached hydrogens (tertiary/aromatic N) is 4. The van der Waals surface area contributed by atoms with E-state index >= 15 is 0 Å². The van der Waals surface area contributed by atoms with Crippen molar-refractivity contribution in [1.29, 1.82) is 0 Å². The van der Waals surface area contributed by atoms with Gasteiger partial charge in [0.05, 0.1) is 0 Å². The first-order valence-corrected chi connectivity index (χ1v) is 6.52. The third-order valence-electron chi connectivity index (χ3n) is 3.43. The largest absolute Gasteiger partial charge is 0.339 e. The van der Waals surface area contributed by atoms with Crippen LogP contribution in [0.2, 0.25) is 0 Å². The van der Waals surface area contributed by atoms with E-state index in [0.717, 1.165) is 29.7 Å². The highest BCUT2D eigenvalue weighted by Crippen LogP contribution is 2.24. The van der Waals surface area contributed by atoms with Gasteiger partial charge in [-0.3, -0.25) is 0 Å². The number of carbonyl (C=O) groups is 1. The first-order chi connectivity index (χ1) is 9.65. The Labute approximate surface area is 117 Å². The summed E-state index contributed by atoms with van der Waals surface area (Å²) in [6.45, 7) is 1.37. The monoisotopic (exact) mass is 270 g/mol. The Bertz CT molecular complexity index is 640. The van der Waals surface area contributed by atoms with Crippen molar-refractivity contribution in [3.05, 3.63) is 30.4 Å². The summed E-state index contributed by atoms with van der Waals surface area (Å²) < 4.78 is 0. The average Bonchev–Trinajstić information content (AvgIpc) is 2.90. The number of aromatic amines is 1. The number of aromatic nitrogens is 3. The van der Waals surface area contributed by atoms with E-state index in [1.54, 1.807) is 19.0 Å². The molecule has 0 unspecified atom stereocenters. The fourth-order valence-electron chi connectivity index (χ4n) is 2.36. The van der Waals surface area contributed by atoms with E-state index in [2.05, 4.69) is 27.2 Å². The molecule has 2 aromatic heterocycles. The van der Waals surface area contributed by atoms with Crippen molar-refractivity contribution >= 4 is 22.6 Å². The summed E-state index contributed by atoms with van der Waals surface area (Å²) in [5, 5.41) is 0.884. The zero-order valence-electron chi connectivity index (χ0n) is 11.6. The van der Waals surface area contributed by atoms with Crippen LogP contribution >= 0.6 is 0 Å². The summed E-state index contributed by atoms with van der Waals surface area (Å²) in [5.74, 6) is 0. The second-order valence-corrected chi connectivity index (χ2v) is 5.03. The van der Waals surface area contributed by atoms with E-state index in [-0.39, 0.29) is 6.03 Å². The standard InChI is InChI=1S/C14H16N5O/c1-18(2)14(20)19-5-3-10(4-6-19)12-7-11-8-15-9-16-13(11)17-12/h3,7,9H,4-6H2,1-2H3,(H,15,16,17). The van der Waals surface area contributed by atoms with Gasteiger partial charge in [0.1, 0.15) is 18.2 Å². The van der Waals surface area contributed by atoms with Crippen LogP contribution in [0, 0.1) is 6.20 Å². The topological polar surface area (TPSA) is 65.1 Å². The number of rotatable bonds is 1. The third-order valence-corrected chi connectivity index (χ3v) is 3.43. The molecule has 2 aromatic rings. The summed E-state index contributed by atoms with van der Waals surface area (Å²) in [6.07, 6.45) is 7.31. The first kappa shape index (κ1) is 12.7. The van der Waals surface area contributed by atoms with Gasteiger partial charge in [0.25, 0.3) is 0 Å². The van der Waals surface area contributed by atoms with Crippen LogP contribution < -0.4 is 0 Å². The normalized spacial score (nSPS) is 15.3. The molecule has 0 bridgehead atoms. The van der Waals surface area contributed by atoms with E-state index < -0.39 is 0 Å². The molecule has 0 aromatic carbocycles. The third kappa shape index (κ3) is 2.24. The molecule has 103 valence electrons. The van der Waals surface area contributed by atoms with E-state index in [1.807, 2.05) is 11.0 Å². The number of H-pyrrole nitrogens is 1. The van der Waals surface area contributed by atoms with Gasteiger partial charge in [-0.15, -0.1) is 0 Å². The van der Waals surface area contributed by atoms with Crippen LogP contribution in [0.5, 0.6) is 0 Å². The van der Waals surface area contributed by atoms with Crippen molar-refractivity contribution in [2.45, 2.75) is 6.42 Å². The second-order valence-electron chi connectivity index (χ2n) is 5.03. The van der Waals surface area contributed by atoms with Crippen LogP contribution in [0.1, 0.15) is 12.1 Å². The minimum atomic E-state index is 0.0520. The molecule has 3 rings (SSSR count). The summed E-state index contributed by atoms with van der Waals surface area (Å²) in [6, 6.07) is 2.06. The maximum atomic E-state index is 11.9. The lowest BCUT2D eigenvalue weighted by Crippen LogP contribution is -2.41. The fourth-order valence-corrected chi connectivity index (χ4v) is 2.36. The molecule has 1 aliphatic rings. The van der Waals surface area contributed by atoms with Gasteiger partial charge in [-0.1, -0.05) is 6.08 Å². The van der Waals surface area contributed by atoms with Crippen LogP contribution in [-0.2, 0) is 0 Å². The molecule has 20 heavy (non-hydrogen) atoms. The Hall–Kier alpha value is -2.37. The number of urea groups is 1. The molecule has 0 fully saturated rings. The summed E-state index contributed by atoms with van der Waals surface area (Å²) in [7, 11) is 3.54. The number of hydrogen-bond donors (Lipinski definition) is 1. The molecule has 1 N–H and O–H groups in total. The van der Waals surface area contributed by atoms with Gasteiger partial charge in [0.15, 0.2) is 0 Å². The predicted octanol–water partition coefficient (Wildman–Crippen LogP) is 1.53. The lowest BCUT2D eigenvalue weighted by Gasteiger charge is -2.28. The van der Waals surface area contributed by atoms with Crippen molar-refractivity contribution in [3.8, 4) is 0 Å². The zero-order valence-corrected chi connectivity index (χ0v) is 11.6. The maximum Gasteiger partial charge on any atom is 0.319 e. The molecule has 6 nitrogen and oxygen atoms in total. The van der Waals surface area contributed by atoms with Gasteiger partial charge in [-0.05, 0) is 18.1 Å². The second kappa shape index (κ2) is 4.96. The van der Waals surface area contributed by atoms with E-state index in [1.165, 1.54) is 11.9 Å². The number of carbonyl (C=O) groups excluding carboxylic acids is 1. The van der Waals surface area contributed by atoms with Crippen LogP contribution in [0.15, 0.2) is 18.5 Å². The summed E-state index contributed by atoms with van der Waals surface area (Å²) in [4.78, 5) is 26.6. The number of nitrogens with one attached hydrogen (secondary N) is 1. The summed E-state index contributed by atoms with van der Waals surface area (Å²) >= 11 is 0.